The molecule has 0 bridgehead atoms. The zero-order valence-electron chi connectivity index (χ0n) is 20.8. The lowest BCUT2D eigenvalue weighted by Crippen LogP contribution is -2.60. The van der Waals surface area contributed by atoms with Gasteiger partial charge in [-0.2, -0.15) is 0 Å². The monoisotopic (exact) mass is 504 g/mol. The van der Waals surface area contributed by atoms with Crippen LogP contribution >= 0.6 is 11.8 Å². The molecule has 5 unspecified atom stereocenters. The van der Waals surface area contributed by atoms with Crippen LogP contribution in [0.2, 0.25) is 0 Å². The first kappa shape index (κ1) is 24.0. The van der Waals surface area contributed by atoms with Crippen molar-refractivity contribution in [2.75, 3.05) is 5.75 Å². The molecule has 4 aliphatic rings. The Balaban J connectivity index is 1.24. The molecule has 2 aromatic rings. The van der Waals surface area contributed by atoms with Crippen molar-refractivity contribution >= 4 is 40.1 Å². The number of carbonyl (C=O) groups excluding carboxylic acids is 3. The predicted molar refractivity (Wildman–Crippen MR) is 137 cm³/mol. The van der Waals surface area contributed by atoms with Crippen LogP contribution in [0.25, 0.3) is 11.0 Å². The van der Waals surface area contributed by atoms with Gasteiger partial charge in [0.25, 0.3) is 0 Å². The maximum atomic E-state index is 13.8. The number of Topliss-reactive ketones (excluding diaryl/α,β-unsaturated/α-hetero) is 2. The summed E-state index contributed by atoms with van der Waals surface area (Å²) in [5.41, 5.74) is 0.151. The first-order chi connectivity index (χ1) is 17.2. The summed E-state index contributed by atoms with van der Waals surface area (Å²) in [6.07, 6.45) is 7.72. The minimum Gasteiger partial charge on any atom is -0.381 e. The molecule has 0 amide bonds. The van der Waals surface area contributed by atoms with Crippen molar-refractivity contribution in [2.24, 2.45) is 28.6 Å². The Hall–Kier alpha value is -2.38. The van der Waals surface area contributed by atoms with Gasteiger partial charge in [0.1, 0.15) is 16.4 Å². The van der Waals surface area contributed by atoms with Gasteiger partial charge in [0.05, 0.1) is 23.0 Å². The molecule has 6 nitrogen and oxygen atoms in total. The molecule has 0 radical (unpaired) electrons. The van der Waals surface area contributed by atoms with E-state index in [4.69, 9.17) is 0 Å². The van der Waals surface area contributed by atoms with Crippen LogP contribution in [-0.4, -0.2) is 43.8 Å². The summed E-state index contributed by atoms with van der Waals surface area (Å²) in [5.74, 6) is 0.350. The van der Waals surface area contributed by atoms with Crippen LogP contribution in [0.5, 0.6) is 0 Å². The number of aromatic nitrogens is 2. The molecule has 0 spiro atoms. The highest BCUT2D eigenvalue weighted by molar-refractivity contribution is 7.99. The van der Waals surface area contributed by atoms with Gasteiger partial charge in [-0.3, -0.25) is 19.4 Å². The Labute approximate surface area is 215 Å². The first-order valence-corrected chi connectivity index (χ1v) is 14.0. The quantitative estimate of drug-likeness (QED) is 0.601. The SMILES string of the molecule is CC12CCC(=O)C=C1CCC1C2C(=O)CC2(C)C1CC[C@]2(O)C(=O)CSc1cnc2ccccc2n1. The molecule has 1 N–H and O–H groups in total. The average molecular weight is 505 g/mol. The zero-order valence-corrected chi connectivity index (χ0v) is 21.6. The van der Waals surface area contributed by atoms with Gasteiger partial charge in [0.15, 0.2) is 11.6 Å². The number of hydrogen-bond acceptors (Lipinski definition) is 7. The lowest BCUT2D eigenvalue weighted by atomic mass is 9.46. The van der Waals surface area contributed by atoms with Crippen LogP contribution in [0.15, 0.2) is 47.1 Å². The lowest BCUT2D eigenvalue weighted by molar-refractivity contribution is -0.167. The van der Waals surface area contributed by atoms with E-state index in [1.807, 2.05) is 31.2 Å². The number of hydrogen-bond donors (Lipinski definition) is 1. The third kappa shape index (κ3) is 3.38. The maximum absolute atomic E-state index is 13.8. The lowest BCUT2D eigenvalue weighted by Gasteiger charge is -2.57. The number of benzene rings is 1. The number of thioether (sulfide) groups is 1. The van der Waals surface area contributed by atoms with E-state index < -0.39 is 11.0 Å². The molecule has 36 heavy (non-hydrogen) atoms. The van der Waals surface area contributed by atoms with Crippen LogP contribution in [0.4, 0.5) is 0 Å². The number of nitrogens with zero attached hydrogens (tertiary/aromatic N) is 2. The fourth-order valence-electron chi connectivity index (χ4n) is 8.11. The van der Waals surface area contributed by atoms with Crippen LogP contribution in [0.1, 0.15) is 58.8 Å². The van der Waals surface area contributed by atoms with E-state index in [0.717, 1.165) is 42.3 Å². The highest BCUT2D eigenvalue weighted by Gasteiger charge is 2.68. The molecule has 1 aromatic heterocycles. The zero-order chi connectivity index (χ0) is 25.3. The molecule has 4 aliphatic carbocycles. The summed E-state index contributed by atoms with van der Waals surface area (Å²) in [7, 11) is 0. The summed E-state index contributed by atoms with van der Waals surface area (Å²) >= 11 is 1.30. The third-order valence-electron chi connectivity index (χ3n) is 10.0. The van der Waals surface area contributed by atoms with Gasteiger partial charge in [-0.1, -0.05) is 43.3 Å². The molecule has 188 valence electrons. The molecule has 1 aromatic carbocycles. The van der Waals surface area contributed by atoms with E-state index in [2.05, 4.69) is 16.9 Å². The van der Waals surface area contributed by atoms with Crippen molar-refractivity contribution in [3.05, 3.63) is 42.1 Å². The Morgan fingerprint density at radius 2 is 1.89 bits per heavy atom. The minimum atomic E-state index is -1.52. The van der Waals surface area contributed by atoms with Crippen molar-refractivity contribution < 1.29 is 19.5 Å². The number of fused-ring (bicyclic) bond motifs is 6. The van der Waals surface area contributed by atoms with E-state index >= 15 is 0 Å². The van der Waals surface area contributed by atoms with E-state index in [1.54, 1.807) is 12.3 Å². The van der Waals surface area contributed by atoms with Crippen molar-refractivity contribution in [2.45, 2.75) is 69.4 Å². The topological polar surface area (TPSA) is 97.2 Å². The largest absolute Gasteiger partial charge is 0.381 e. The van der Waals surface area contributed by atoms with E-state index in [9.17, 15) is 19.5 Å². The van der Waals surface area contributed by atoms with Gasteiger partial charge in [-0.15, -0.1) is 0 Å². The molecular weight excluding hydrogens is 472 g/mol. The van der Waals surface area contributed by atoms with Gasteiger partial charge in [-0.05, 0) is 67.6 Å². The van der Waals surface area contributed by atoms with Crippen molar-refractivity contribution in [1.29, 1.82) is 0 Å². The molecule has 0 aliphatic heterocycles. The van der Waals surface area contributed by atoms with Crippen molar-refractivity contribution in [1.82, 2.24) is 9.97 Å². The van der Waals surface area contributed by atoms with Gasteiger partial charge >= 0.3 is 0 Å². The van der Waals surface area contributed by atoms with Crippen LogP contribution in [-0.2, 0) is 14.4 Å². The number of aliphatic hydroxyl groups is 1. The van der Waals surface area contributed by atoms with Gasteiger partial charge in [0, 0.05) is 24.2 Å². The third-order valence-corrected chi connectivity index (χ3v) is 10.9. The smallest absolute Gasteiger partial charge is 0.175 e. The highest BCUT2D eigenvalue weighted by Crippen LogP contribution is 2.66. The second kappa shape index (κ2) is 8.32. The van der Waals surface area contributed by atoms with Crippen molar-refractivity contribution in [3.8, 4) is 0 Å². The minimum absolute atomic E-state index is 0.0980. The predicted octanol–water partition coefficient (Wildman–Crippen LogP) is 4.73. The van der Waals surface area contributed by atoms with Crippen LogP contribution in [0.3, 0.4) is 0 Å². The summed E-state index contributed by atoms with van der Waals surface area (Å²) < 4.78 is 0. The van der Waals surface area contributed by atoms with Gasteiger partial charge in [0.2, 0.25) is 0 Å². The Morgan fingerprint density at radius 3 is 2.69 bits per heavy atom. The summed E-state index contributed by atoms with van der Waals surface area (Å²) in [6.45, 7) is 4.13. The number of allylic oxidation sites excluding steroid dienone is 1. The first-order valence-electron chi connectivity index (χ1n) is 13.0. The fourth-order valence-corrected chi connectivity index (χ4v) is 8.92. The second-order valence-corrected chi connectivity index (χ2v) is 12.7. The molecule has 3 fully saturated rings. The van der Waals surface area contributed by atoms with Crippen LogP contribution < -0.4 is 0 Å². The van der Waals surface area contributed by atoms with Crippen molar-refractivity contribution in [3.63, 3.8) is 0 Å². The standard InChI is InChI=1S/C29H32N2O4S/c1-27-11-9-18(32)13-17(27)7-8-19-20-10-12-29(35,28(20,2)14-23(33)26(19)27)24(34)16-36-25-15-30-21-5-3-4-6-22(21)31-25/h3-6,13,15,19-20,26,35H,7-12,14,16H2,1-2H3/t19?,20?,26?,27?,28?,29-/m0/s1. The van der Waals surface area contributed by atoms with E-state index in [1.165, 1.54) is 11.8 Å². The van der Waals surface area contributed by atoms with E-state index in [-0.39, 0.29) is 52.7 Å². The number of carbonyl (C=O) groups is 3. The number of rotatable bonds is 4. The normalized spacial score (nSPS) is 37.8. The van der Waals surface area contributed by atoms with Gasteiger partial charge < -0.3 is 5.11 Å². The molecule has 3 saturated carbocycles. The fraction of sp³-hybridized carbons (Fsp3) is 0.552. The number of ketones is 3. The molecule has 1 heterocycles. The Morgan fingerprint density at radius 1 is 1.11 bits per heavy atom. The Bertz CT molecular complexity index is 1320. The van der Waals surface area contributed by atoms with Gasteiger partial charge in [-0.25, -0.2) is 4.98 Å². The highest BCUT2D eigenvalue weighted by atomic mass is 32.2. The maximum Gasteiger partial charge on any atom is 0.175 e. The molecule has 7 heteroatoms. The van der Waals surface area contributed by atoms with E-state index in [0.29, 0.717) is 17.9 Å². The molecule has 6 rings (SSSR count). The average Bonchev–Trinajstić information content (AvgIpc) is 3.13. The Kier molecular flexibility index (Phi) is 5.54. The summed E-state index contributed by atoms with van der Waals surface area (Å²) in [4.78, 5) is 48.5. The second-order valence-electron chi connectivity index (χ2n) is 11.7. The summed E-state index contributed by atoms with van der Waals surface area (Å²) in [5, 5.41) is 12.5. The number of para-hydroxylation sites is 2. The molecular formula is C29H32N2O4S. The molecule has 6 atom stereocenters. The van der Waals surface area contributed by atoms with Crippen LogP contribution in [0, 0.1) is 28.6 Å². The molecule has 0 saturated heterocycles. The summed E-state index contributed by atoms with van der Waals surface area (Å²) in [6, 6.07) is 7.60.